The number of hydrogen-bond donors (Lipinski definition) is 1. The molecule has 2 rings (SSSR count). The van der Waals surface area contributed by atoms with E-state index in [0.717, 1.165) is 20.9 Å². The summed E-state index contributed by atoms with van der Waals surface area (Å²) in [6, 6.07) is 7.66. The van der Waals surface area contributed by atoms with E-state index in [-0.39, 0.29) is 6.61 Å². The highest BCUT2D eigenvalue weighted by Gasteiger charge is 2.00. The van der Waals surface area contributed by atoms with Crippen molar-refractivity contribution in [2.45, 2.75) is 6.61 Å². The van der Waals surface area contributed by atoms with Gasteiger partial charge in [-0.3, -0.25) is 4.98 Å². The van der Waals surface area contributed by atoms with Crippen molar-refractivity contribution in [1.82, 2.24) is 4.98 Å². The molecule has 3 heteroatoms. The summed E-state index contributed by atoms with van der Waals surface area (Å²) in [5.74, 6) is 0. The Kier molecular flexibility index (Phi) is 2.29. The maximum absolute atomic E-state index is 9.08. The van der Waals surface area contributed by atoms with Gasteiger partial charge in [-0.2, -0.15) is 0 Å². The van der Waals surface area contributed by atoms with Gasteiger partial charge in [-0.1, -0.05) is 15.9 Å². The largest absolute Gasteiger partial charge is 0.392 e. The first-order valence-electron chi connectivity index (χ1n) is 3.95. The Balaban J connectivity index is 2.79. The number of rotatable bonds is 1. The summed E-state index contributed by atoms with van der Waals surface area (Å²) in [6.45, 7) is 0.0511. The monoisotopic (exact) mass is 237 g/mol. The van der Waals surface area contributed by atoms with E-state index in [9.17, 15) is 0 Å². The summed E-state index contributed by atoms with van der Waals surface area (Å²) in [5.41, 5.74) is 1.82. The van der Waals surface area contributed by atoms with Crippen LogP contribution in [0.15, 0.2) is 34.9 Å². The Morgan fingerprint density at radius 2 is 2.15 bits per heavy atom. The first kappa shape index (κ1) is 8.66. The van der Waals surface area contributed by atoms with Gasteiger partial charge < -0.3 is 5.11 Å². The zero-order valence-electron chi connectivity index (χ0n) is 6.87. The van der Waals surface area contributed by atoms with Gasteiger partial charge in [0, 0.05) is 16.1 Å². The molecule has 0 aliphatic rings. The normalized spacial score (nSPS) is 10.6. The van der Waals surface area contributed by atoms with Crippen molar-refractivity contribution in [2.75, 3.05) is 0 Å². The second-order valence-electron chi connectivity index (χ2n) is 2.79. The van der Waals surface area contributed by atoms with Crippen molar-refractivity contribution in [1.29, 1.82) is 0 Å². The third-order valence-corrected chi connectivity index (χ3v) is 2.46. The lowest BCUT2D eigenvalue weighted by Crippen LogP contribution is -1.87. The van der Waals surface area contributed by atoms with Gasteiger partial charge in [0.2, 0.25) is 0 Å². The third kappa shape index (κ3) is 1.57. The van der Waals surface area contributed by atoms with E-state index in [1.807, 2.05) is 24.3 Å². The minimum atomic E-state index is 0.0511. The van der Waals surface area contributed by atoms with Gasteiger partial charge in [0.15, 0.2) is 0 Å². The van der Waals surface area contributed by atoms with Crippen LogP contribution in [-0.2, 0) is 6.61 Å². The van der Waals surface area contributed by atoms with Gasteiger partial charge in [-0.05, 0) is 29.8 Å². The Morgan fingerprint density at radius 1 is 1.31 bits per heavy atom. The minimum Gasteiger partial charge on any atom is -0.392 e. The molecular formula is C10H8BrNO. The van der Waals surface area contributed by atoms with Crippen LogP contribution in [0.1, 0.15) is 5.56 Å². The van der Waals surface area contributed by atoms with Crippen LogP contribution in [0, 0.1) is 0 Å². The lowest BCUT2D eigenvalue weighted by molar-refractivity contribution is 0.283. The van der Waals surface area contributed by atoms with E-state index >= 15 is 0 Å². The van der Waals surface area contributed by atoms with E-state index < -0.39 is 0 Å². The summed E-state index contributed by atoms with van der Waals surface area (Å²) < 4.78 is 1.00. The number of hydrogen-bond acceptors (Lipinski definition) is 2. The Hall–Kier alpha value is -0.930. The molecule has 1 heterocycles. The number of benzene rings is 1. The van der Waals surface area contributed by atoms with Crippen LogP contribution in [0.3, 0.4) is 0 Å². The quantitative estimate of drug-likeness (QED) is 0.827. The molecule has 0 fully saturated rings. The molecule has 0 saturated heterocycles. The van der Waals surface area contributed by atoms with Crippen LogP contribution in [0.2, 0.25) is 0 Å². The number of aliphatic hydroxyl groups excluding tert-OH is 1. The lowest BCUT2D eigenvalue weighted by Gasteiger charge is -2.02. The van der Waals surface area contributed by atoms with Crippen molar-refractivity contribution in [3.63, 3.8) is 0 Å². The fourth-order valence-corrected chi connectivity index (χ4v) is 1.67. The van der Waals surface area contributed by atoms with Gasteiger partial charge in [-0.25, -0.2) is 0 Å². The number of nitrogens with zero attached hydrogens (tertiary/aromatic N) is 1. The molecule has 0 amide bonds. The lowest BCUT2D eigenvalue weighted by atomic mass is 10.1. The standard InChI is InChI=1S/C10H8BrNO/c11-8-1-2-10-9(5-8)7(6-13)3-4-12-10/h1-5,13H,6H2. The predicted molar refractivity (Wildman–Crippen MR) is 55.4 cm³/mol. The number of fused-ring (bicyclic) bond motifs is 1. The number of aliphatic hydroxyl groups is 1. The molecule has 0 atom stereocenters. The zero-order chi connectivity index (χ0) is 9.26. The van der Waals surface area contributed by atoms with Crippen LogP contribution < -0.4 is 0 Å². The molecule has 0 radical (unpaired) electrons. The summed E-state index contributed by atoms with van der Waals surface area (Å²) >= 11 is 3.39. The summed E-state index contributed by atoms with van der Waals surface area (Å²) in [5, 5.41) is 10.1. The summed E-state index contributed by atoms with van der Waals surface area (Å²) in [4.78, 5) is 4.20. The number of halogens is 1. The molecule has 0 aliphatic heterocycles. The summed E-state index contributed by atoms with van der Waals surface area (Å²) in [7, 11) is 0. The topological polar surface area (TPSA) is 33.1 Å². The molecular weight excluding hydrogens is 230 g/mol. The van der Waals surface area contributed by atoms with Crippen molar-refractivity contribution in [2.24, 2.45) is 0 Å². The first-order valence-corrected chi connectivity index (χ1v) is 4.74. The molecule has 1 aromatic carbocycles. The molecule has 2 aromatic rings. The van der Waals surface area contributed by atoms with Crippen molar-refractivity contribution >= 4 is 26.8 Å². The Labute approximate surface area is 84.4 Å². The van der Waals surface area contributed by atoms with Crippen molar-refractivity contribution in [3.8, 4) is 0 Å². The van der Waals surface area contributed by atoms with Crippen LogP contribution in [0.25, 0.3) is 10.9 Å². The van der Waals surface area contributed by atoms with E-state index in [4.69, 9.17) is 5.11 Å². The second-order valence-corrected chi connectivity index (χ2v) is 3.71. The van der Waals surface area contributed by atoms with Crippen LogP contribution in [0.4, 0.5) is 0 Å². The molecule has 0 spiro atoms. The zero-order valence-corrected chi connectivity index (χ0v) is 8.45. The third-order valence-electron chi connectivity index (χ3n) is 1.96. The van der Waals surface area contributed by atoms with Gasteiger partial charge in [0.05, 0.1) is 12.1 Å². The van der Waals surface area contributed by atoms with Crippen LogP contribution in [0.5, 0.6) is 0 Å². The average molecular weight is 238 g/mol. The van der Waals surface area contributed by atoms with Crippen LogP contribution in [-0.4, -0.2) is 10.1 Å². The minimum absolute atomic E-state index is 0.0511. The SMILES string of the molecule is OCc1ccnc2ccc(Br)cc12. The first-order chi connectivity index (χ1) is 6.31. The summed E-state index contributed by atoms with van der Waals surface area (Å²) in [6.07, 6.45) is 1.71. The van der Waals surface area contributed by atoms with Crippen molar-refractivity contribution < 1.29 is 5.11 Å². The van der Waals surface area contributed by atoms with Gasteiger partial charge in [-0.15, -0.1) is 0 Å². The molecule has 0 saturated carbocycles. The maximum atomic E-state index is 9.08. The smallest absolute Gasteiger partial charge is 0.0706 e. The highest BCUT2D eigenvalue weighted by molar-refractivity contribution is 9.10. The van der Waals surface area contributed by atoms with Gasteiger partial charge >= 0.3 is 0 Å². The van der Waals surface area contributed by atoms with E-state index in [1.54, 1.807) is 6.20 Å². The molecule has 1 aromatic heterocycles. The molecule has 0 bridgehead atoms. The van der Waals surface area contributed by atoms with E-state index in [1.165, 1.54) is 0 Å². The Bertz CT molecular complexity index is 442. The van der Waals surface area contributed by atoms with E-state index in [0.29, 0.717) is 0 Å². The molecule has 1 N–H and O–H groups in total. The highest BCUT2D eigenvalue weighted by atomic mass is 79.9. The number of aromatic nitrogens is 1. The molecule has 2 nitrogen and oxygen atoms in total. The maximum Gasteiger partial charge on any atom is 0.0706 e. The van der Waals surface area contributed by atoms with E-state index in [2.05, 4.69) is 20.9 Å². The van der Waals surface area contributed by atoms with Gasteiger partial charge in [0.1, 0.15) is 0 Å². The number of pyridine rings is 1. The van der Waals surface area contributed by atoms with Crippen LogP contribution >= 0.6 is 15.9 Å². The van der Waals surface area contributed by atoms with Crippen molar-refractivity contribution in [3.05, 3.63) is 40.5 Å². The van der Waals surface area contributed by atoms with Gasteiger partial charge in [0.25, 0.3) is 0 Å². The highest BCUT2D eigenvalue weighted by Crippen LogP contribution is 2.21. The molecule has 66 valence electrons. The Morgan fingerprint density at radius 3 is 2.92 bits per heavy atom. The fraction of sp³-hybridized carbons (Fsp3) is 0.100. The molecule has 13 heavy (non-hydrogen) atoms. The predicted octanol–water partition coefficient (Wildman–Crippen LogP) is 2.49. The average Bonchev–Trinajstić information content (AvgIpc) is 2.17. The molecule has 0 unspecified atom stereocenters. The second kappa shape index (κ2) is 3.44. The fourth-order valence-electron chi connectivity index (χ4n) is 1.31. The molecule has 0 aliphatic carbocycles.